The molecular formula is C74H145N2O6P. The summed E-state index contributed by atoms with van der Waals surface area (Å²) < 4.78 is 23.6. The standard InChI is InChI=1S/C74H145N2O6P/c1-6-8-10-12-14-16-18-20-22-24-26-28-30-32-34-36-37-38-40-41-43-45-47-49-51-53-55-57-59-61-63-65-67-73(77)72(71-82-83(79,80)81-70-69-76(3,4)5)75-74(78)68-66-64-62-60-58-56-54-52-50-48-46-44-42-39-35-33-31-29-27-25-23-21-19-17-15-13-11-9-7-2/h19,21,25,27,31,33,72-73,77H,6-18,20,22-24,26,28-30,32,34-71H2,1-5H3,(H-,75,78,79,80)/b21-19-,27-25-,33-31-. The molecule has 0 spiro atoms. The van der Waals surface area contributed by atoms with Gasteiger partial charge < -0.3 is 28.8 Å². The number of carbonyl (C=O) groups excluding carboxylic acids is 1. The van der Waals surface area contributed by atoms with E-state index in [9.17, 15) is 19.4 Å². The molecule has 0 aromatic heterocycles. The number of unbranched alkanes of at least 4 members (excludes halogenated alkanes) is 50. The fourth-order valence-corrected chi connectivity index (χ4v) is 12.1. The van der Waals surface area contributed by atoms with Gasteiger partial charge in [-0.3, -0.25) is 9.36 Å². The molecule has 3 atom stereocenters. The minimum atomic E-state index is -4.58. The number of hydrogen-bond donors (Lipinski definition) is 2. The molecule has 0 aromatic rings. The smallest absolute Gasteiger partial charge is 0.268 e. The van der Waals surface area contributed by atoms with E-state index in [0.717, 1.165) is 51.4 Å². The molecule has 2 N–H and O–H groups in total. The van der Waals surface area contributed by atoms with Crippen LogP contribution in [0.4, 0.5) is 0 Å². The van der Waals surface area contributed by atoms with E-state index >= 15 is 0 Å². The lowest BCUT2D eigenvalue weighted by atomic mass is 10.0. The summed E-state index contributed by atoms with van der Waals surface area (Å²) in [5.74, 6) is -0.159. The van der Waals surface area contributed by atoms with E-state index < -0.39 is 20.0 Å². The van der Waals surface area contributed by atoms with Crippen molar-refractivity contribution in [1.29, 1.82) is 0 Å². The molecule has 0 heterocycles. The first-order chi connectivity index (χ1) is 40.5. The molecular weight excluding hydrogens is 1040 g/mol. The first-order valence-electron chi connectivity index (χ1n) is 36.8. The van der Waals surface area contributed by atoms with Crippen molar-refractivity contribution in [2.45, 2.75) is 392 Å². The van der Waals surface area contributed by atoms with Gasteiger partial charge in [0.25, 0.3) is 7.82 Å². The number of rotatable bonds is 69. The normalized spacial score (nSPS) is 13.8. The monoisotopic (exact) mass is 1190 g/mol. The van der Waals surface area contributed by atoms with Crippen molar-refractivity contribution in [2.24, 2.45) is 0 Å². The largest absolute Gasteiger partial charge is 0.756 e. The molecule has 1 amide bonds. The van der Waals surface area contributed by atoms with Crippen LogP contribution in [0.5, 0.6) is 0 Å². The highest BCUT2D eigenvalue weighted by atomic mass is 31.2. The Morgan fingerprint density at radius 3 is 1.01 bits per heavy atom. The zero-order valence-corrected chi connectivity index (χ0v) is 57.3. The number of quaternary nitrogens is 1. The number of phosphoric acid groups is 1. The Bertz CT molecular complexity index is 1450. The van der Waals surface area contributed by atoms with Crippen molar-refractivity contribution in [1.82, 2.24) is 5.32 Å². The van der Waals surface area contributed by atoms with Gasteiger partial charge >= 0.3 is 0 Å². The molecule has 0 saturated heterocycles. The van der Waals surface area contributed by atoms with Crippen molar-refractivity contribution >= 4 is 13.7 Å². The number of carbonyl (C=O) groups is 1. The summed E-state index contributed by atoms with van der Waals surface area (Å²) in [7, 11) is 1.32. The third kappa shape index (κ3) is 68.1. The summed E-state index contributed by atoms with van der Waals surface area (Å²) in [4.78, 5) is 25.7. The SMILES string of the molecule is CCCCCCC/C=C\C/C=C\C/C=C\CCCCCCCCCCCCCCCCC(=O)NC(COP(=O)([O-])OCC[N+](C)(C)C)C(O)CCCCCCCCCCCCCCCCCCCCCCCCCCCCCCCCCC. The Morgan fingerprint density at radius 2 is 0.699 bits per heavy atom. The molecule has 0 fully saturated rings. The molecule has 0 aliphatic carbocycles. The Morgan fingerprint density at radius 1 is 0.422 bits per heavy atom. The summed E-state index contributed by atoms with van der Waals surface area (Å²) >= 11 is 0. The van der Waals surface area contributed by atoms with E-state index in [4.69, 9.17) is 9.05 Å². The Balaban J connectivity index is 3.99. The van der Waals surface area contributed by atoms with Crippen LogP contribution in [0, 0.1) is 0 Å². The van der Waals surface area contributed by atoms with Crippen LogP contribution < -0.4 is 10.2 Å². The van der Waals surface area contributed by atoms with E-state index in [1.165, 1.54) is 302 Å². The van der Waals surface area contributed by atoms with Crippen LogP contribution in [0.15, 0.2) is 36.5 Å². The maximum Gasteiger partial charge on any atom is 0.268 e. The molecule has 83 heavy (non-hydrogen) atoms. The van der Waals surface area contributed by atoms with Crippen molar-refractivity contribution < 1.29 is 32.9 Å². The summed E-state index contributed by atoms with van der Waals surface area (Å²) in [6.45, 7) is 4.77. The molecule has 3 unspecified atom stereocenters. The number of nitrogens with one attached hydrogen (secondary N) is 1. The second-order valence-corrected chi connectivity index (χ2v) is 28.1. The van der Waals surface area contributed by atoms with Gasteiger partial charge in [0.1, 0.15) is 13.2 Å². The van der Waals surface area contributed by atoms with Crippen LogP contribution in [-0.2, 0) is 18.4 Å². The van der Waals surface area contributed by atoms with Crippen LogP contribution >= 0.6 is 7.82 Å². The highest BCUT2D eigenvalue weighted by molar-refractivity contribution is 7.45. The van der Waals surface area contributed by atoms with Crippen molar-refractivity contribution in [3.63, 3.8) is 0 Å². The predicted octanol–water partition coefficient (Wildman–Crippen LogP) is 23.0. The topological polar surface area (TPSA) is 108 Å². The molecule has 492 valence electrons. The van der Waals surface area contributed by atoms with Crippen LogP contribution in [0.25, 0.3) is 0 Å². The van der Waals surface area contributed by atoms with Gasteiger partial charge in [0, 0.05) is 6.42 Å². The fraction of sp³-hybridized carbons (Fsp3) is 0.905. The fourth-order valence-electron chi connectivity index (χ4n) is 11.4. The average molecular weight is 1190 g/mol. The minimum Gasteiger partial charge on any atom is -0.756 e. The number of aliphatic hydroxyl groups is 1. The van der Waals surface area contributed by atoms with Crippen LogP contribution in [0.2, 0.25) is 0 Å². The molecule has 0 saturated carbocycles. The van der Waals surface area contributed by atoms with Crippen molar-refractivity contribution in [3.8, 4) is 0 Å². The van der Waals surface area contributed by atoms with Gasteiger partial charge in [-0.05, 0) is 51.4 Å². The van der Waals surface area contributed by atoms with Crippen LogP contribution in [0.1, 0.15) is 380 Å². The van der Waals surface area contributed by atoms with Gasteiger partial charge in [-0.1, -0.05) is 359 Å². The molecule has 0 aromatic carbocycles. The van der Waals surface area contributed by atoms with E-state index in [-0.39, 0.29) is 19.1 Å². The summed E-state index contributed by atoms with van der Waals surface area (Å²) in [6.07, 6.45) is 86.6. The zero-order valence-electron chi connectivity index (χ0n) is 56.4. The Hall–Kier alpha value is -1.28. The molecule has 8 nitrogen and oxygen atoms in total. The summed E-state index contributed by atoms with van der Waals surface area (Å²) in [5.41, 5.74) is 0. The summed E-state index contributed by atoms with van der Waals surface area (Å²) in [6, 6.07) is -0.803. The quantitative estimate of drug-likeness (QED) is 0.0272. The van der Waals surface area contributed by atoms with Crippen molar-refractivity contribution in [2.75, 3.05) is 40.9 Å². The first kappa shape index (κ1) is 81.7. The number of amides is 1. The van der Waals surface area contributed by atoms with Crippen LogP contribution in [-0.4, -0.2) is 68.5 Å². The maximum atomic E-state index is 13.1. The number of nitrogens with zero attached hydrogens (tertiary/aromatic N) is 1. The molecule has 0 aliphatic rings. The second-order valence-electron chi connectivity index (χ2n) is 26.7. The van der Waals surface area contributed by atoms with Gasteiger partial charge in [0.05, 0.1) is 39.9 Å². The Labute approximate surface area is 518 Å². The van der Waals surface area contributed by atoms with Crippen LogP contribution in [0.3, 0.4) is 0 Å². The first-order valence-corrected chi connectivity index (χ1v) is 38.3. The lowest BCUT2D eigenvalue weighted by Gasteiger charge is -2.30. The van der Waals surface area contributed by atoms with E-state index in [2.05, 4.69) is 55.6 Å². The Kier molecular flexibility index (Phi) is 64.2. The molecule has 0 rings (SSSR count). The molecule has 0 radical (unpaired) electrons. The second kappa shape index (κ2) is 65.2. The lowest BCUT2D eigenvalue weighted by molar-refractivity contribution is -0.870. The van der Waals surface area contributed by atoms with E-state index in [0.29, 0.717) is 23.9 Å². The van der Waals surface area contributed by atoms with Gasteiger partial charge in [0.2, 0.25) is 5.91 Å². The van der Waals surface area contributed by atoms with E-state index in [1.54, 1.807) is 0 Å². The minimum absolute atomic E-state index is 0.0133. The van der Waals surface area contributed by atoms with Gasteiger partial charge in [-0.15, -0.1) is 0 Å². The maximum absolute atomic E-state index is 13.1. The van der Waals surface area contributed by atoms with Gasteiger partial charge in [-0.25, -0.2) is 0 Å². The predicted molar refractivity (Wildman–Crippen MR) is 362 cm³/mol. The zero-order chi connectivity index (χ0) is 60.5. The van der Waals surface area contributed by atoms with Gasteiger partial charge in [-0.2, -0.15) is 0 Å². The molecule has 0 bridgehead atoms. The summed E-state index contributed by atoms with van der Waals surface area (Å²) in [5, 5.41) is 14.1. The lowest BCUT2D eigenvalue weighted by Crippen LogP contribution is -2.46. The van der Waals surface area contributed by atoms with Crippen molar-refractivity contribution in [3.05, 3.63) is 36.5 Å². The van der Waals surface area contributed by atoms with Gasteiger partial charge in [0.15, 0.2) is 0 Å². The highest BCUT2D eigenvalue weighted by Gasteiger charge is 2.24. The highest BCUT2D eigenvalue weighted by Crippen LogP contribution is 2.38. The number of phosphoric ester groups is 1. The van der Waals surface area contributed by atoms with E-state index in [1.807, 2.05) is 21.1 Å². The number of likely N-dealkylation sites (N-methyl/N-ethyl adjacent to an activating group) is 1. The number of hydrogen-bond acceptors (Lipinski definition) is 6. The third-order valence-corrected chi connectivity index (χ3v) is 18.1. The third-order valence-electron chi connectivity index (χ3n) is 17.1. The average Bonchev–Trinajstić information content (AvgIpc) is 3.50. The number of aliphatic hydroxyl groups excluding tert-OH is 1. The number of allylic oxidation sites excluding steroid dienone is 6. The molecule has 0 aliphatic heterocycles. The molecule has 9 heteroatoms.